The summed E-state index contributed by atoms with van der Waals surface area (Å²) in [6, 6.07) is -0.539. The van der Waals surface area contributed by atoms with Gasteiger partial charge in [-0.1, -0.05) is 431 Å². The molecule has 0 heterocycles. The molecule has 0 aromatic heterocycles. The summed E-state index contributed by atoms with van der Waals surface area (Å²) in [7, 11) is 0. The van der Waals surface area contributed by atoms with E-state index < -0.39 is 12.1 Å². The summed E-state index contributed by atoms with van der Waals surface area (Å²) in [5, 5.41) is 23.5. The summed E-state index contributed by atoms with van der Waals surface area (Å²) in [5.41, 5.74) is 0. The molecule has 0 rings (SSSR count). The molecule has 0 aliphatic heterocycles. The number of aliphatic hydroxyl groups excluding tert-OH is 2. The molecule has 0 saturated carbocycles. The fraction of sp³-hybridized carbons (Fsp3) is 0.975. The van der Waals surface area contributed by atoms with Crippen LogP contribution in [0.1, 0.15) is 470 Å². The van der Waals surface area contributed by atoms with Crippen LogP contribution in [0.15, 0.2) is 0 Å². The lowest BCUT2D eigenvalue weighted by Crippen LogP contribution is -2.45. The topological polar surface area (TPSA) is 95.9 Å². The molecule has 6 nitrogen and oxygen atoms in total. The fourth-order valence-electron chi connectivity index (χ4n) is 13.1. The van der Waals surface area contributed by atoms with Crippen molar-refractivity contribution in [1.29, 1.82) is 0 Å². The molecule has 508 valence electrons. The van der Waals surface area contributed by atoms with Crippen molar-refractivity contribution in [1.82, 2.24) is 5.32 Å². The zero-order valence-electron chi connectivity index (χ0n) is 58.4. The lowest BCUT2D eigenvalue weighted by molar-refractivity contribution is -0.143. The van der Waals surface area contributed by atoms with Crippen molar-refractivity contribution in [3.8, 4) is 0 Å². The first-order valence-corrected chi connectivity index (χ1v) is 39.8. The van der Waals surface area contributed by atoms with Crippen molar-refractivity contribution >= 4 is 11.9 Å². The van der Waals surface area contributed by atoms with Gasteiger partial charge in [-0.3, -0.25) is 9.59 Å². The van der Waals surface area contributed by atoms with Gasteiger partial charge in [0.25, 0.3) is 0 Å². The van der Waals surface area contributed by atoms with E-state index in [1.807, 2.05) is 0 Å². The van der Waals surface area contributed by atoms with Crippen LogP contribution in [0.5, 0.6) is 0 Å². The maximum Gasteiger partial charge on any atom is 0.305 e. The maximum atomic E-state index is 12.6. The molecule has 85 heavy (non-hydrogen) atoms. The zero-order valence-corrected chi connectivity index (χ0v) is 58.4. The molecule has 2 unspecified atom stereocenters. The van der Waals surface area contributed by atoms with E-state index in [1.54, 1.807) is 0 Å². The van der Waals surface area contributed by atoms with Crippen molar-refractivity contribution in [3.05, 3.63) is 0 Å². The van der Waals surface area contributed by atoms with Crippen molar-refractivity contribution in [2.75, 3.05) is 13.2 Å². The van der Waals surface area contributed by atoms with Gasteiger partial charge in [0.05, 0.1) is 25.4 Å². The molecular formula is C79H157NO5. The zero-order chi connectivity index (χ0) is 61.3. The Bertz CT molecular complexity index is 1240. The molecule has 1 amide bonds. The summed E-state index contributed by atoms with van der Waals surface area (Å²) in [6.07, 6.45) is 93.3. The van der Waals surface area contributed by atoms with Gasteiger partial charge < -0.3 is 20.3 Å². The highest BCUT2D eigenvalue weighted by Crippen LogP contribution is 2.21. The Hall–Kier alpha value is -1.14. The van der Waals surface area contributed by atoms with Crippen LogP contribution in [0.4, 0.5) is 0 Å². The molecule has 0 aliphatic carbocycles. The van der Waals surface area contributed by atoms with E-state index in [-0.39, 0.29) is 18.5 Å². The Morgan fingerprint density at radius 2 is 0.482 bits per heavy atom. The number of esters is 1. The number of ether oxygens (including phenoxy) is 1. The molecule has 0 aromatic carbocycles. The highest BCUT2D eigenvalue weighted by molar-refractivity contribution is 5.76. The van der Waals surface area contributed by atoms with Crippen molar-refractivity contribution in [3.63, 3.8) is 0 Å². The second-order valence-electron chi connectivity index (χ2n) is 27.8. The first kappa shape index (κ1) is 83.9. The van der Waals surface area contributed by atoms with Gasteiger partial charge in [-0.25, -0.2) is 0 Å². The Morgan fingerprint density at radius 3 is 0.718 bits per heavy atom. The number of aliphatic hydroxyl groups is 2. The van der Waals surface area contributed by atoms with Gasteiger partial charge in [-0.15, -0.1) is 0 Å². The molecule has 3 N–H and O–H groups in total. The minimum absolute atomic E-state index is 0.0250. The normalized spacial score (nSPS) is 12.4. The number of hydrogen-bond donors (Lipinski definition) is 3. The lowest BCUT2D eigenvalue weighted by Gasteiger charge is -2.22. The monoisotopic (exact) mass is 1200 g/mol. The first-order chi connectivity index (χ1) is 42.0. The van der Waals surface area contributed by atoms with Gasteiger partial charge >= 0.3 is 5.97 Å². The van der Waals surface area contributed by atoms with Crippen LogP contribution in [-0.4, -0.2) is 47.4 Å². The smallest absolute Gasteiger partial charge is 0.305 e. The molecule has 0 aromatic rings. The largest absolute Gasteiger partial charge is 0.466 e. The lowest BCUT2D eigenvalue weighted by atomic mass is 10.0. The Balaban J connectivity index is 3.32. The SMILES string of the molecule is CCCCCCCCCCCCCCCCCCCCCCCCC(O)C(CO)NC(=O)CCCCCCCCCCCCCCCCCCCCCCCCCCCCCCOC(=O)CCCCCCCCCCCCCCCCCCCC. The number of carbonyl (C=O) groups excluding carboxylic acids is 2. The molecule has 0 saturated heterocycles. The first-order valence-electron chi connectivity index (χ1n) is 39.8. The summed E-state index contributed by atoms with van der Waals surface area (Å²) in [4.78, 5) is 24.7. The molecule has 0 aliphatic rings. The predicted molar refractivity (Wildman–Crippen MR) is 375 cm³/mol. The van der Waals surface area contributed by atoms with E-state index in [4.69, 9.17) is 4.74 Å². The molecular weight excluding hydrogens is 1040 g/mol. The van der Waals surface area contributed by atoms with Gasteiger partial charge in [-0.05, 0) is 25.7 Å². The third-order valence-corrected chi connectivity index (χ3v) is 19.2. The molecule has 2 atom stereocenters. The minimum atomic E-state index is -0.662. The van der Waals surface area contributed by atoms with Crippen LogP contribution >= 0.6 is 0 Å². The van der Waals surface area contributed by atoms with Crippen molar-refractivity contribution in [2.24, 2.45) is 0 Å². The van der Waals surface area contributed by atoms with Gasteiger partial charge in [0, 0.05) is 12.8 Å². The molecule has 0 fully saturated rings. The molecule has 0 spiro atoms. The second-order valence-corrected chi connectivity index (χ2v) is 27.8. The summed E-state index contributed by atoms with van der Waals surface area (Å²) in [5.74, 6) is -0.000537. The second kappa shape index (κ2) is 75.3. The highest BCUT2D eigenvalue weighted by Gasteiger charge is 2.20. The molecule has 0 radical (unpaired) electrons. The third-order valence-electron chi connectivity index (χ3n) is 19.2. The maximum absolute atomic E-state index is 12.6. The van der Waals surface area contributed by atoms with Gasteiger partial charge in [-0.2, -0.15) is 0 Å². The van der Waals surface area contributed by atoms with E-state index in [1.165, 1.54) is 398 Å². The average molecular weight is 1200 g/mol. The van der Waals surface area contributed by atoms with E-state index in [0.29, 0.717) is 25.9 Å². The van der Waals surface area contributed by atoms with E-state index in [9.17, 15) is 19.8 Å². The fourth-order valence-corrected chi connectivity index (χ4v) is 13.1. The Labute approximate surface area is 534 Å². The Kier molecular flexibility index (Phi) is 74.3. The summed E-state index contributed by atoms with van der Waals surface area (Å²) < 4.78 is 5.52. The number of rotatable bonds is 76. The number of nitrogens with one attached hydrogen (secondary N) is 1. The van der Waals surface area contributed by atoms with Crippen molar-refractivity contribution < 1.29 is 24.5 Å². The standard InChI is InChI=1S/C79H157NO5/c1-3-5-7-9-11-13-15-17-19-21-23-24-33-36-39-43-47-51-55-59-63-67-71-77(82)76(75-81)80-78(83)72-68-64-60-56-52-48-44-40-37-34-31-29-27-25-26-28-30-32-35-38-42-46-50-54-58-62-66-70-74-85-79(84)73-69-65-61-57-53-49-45-41-22-20-18-16-14-12-10-8-6-4-2/h76-77,81-82H,3-75H2,1-2H3,(H,80,83). The summed E-state index contributed by atoms with van der Waals surface area (Å²) in [6.45, 7) is 5.02. The van der Waals surface area contributed by atoms with Crippen LogP contribution in [0.3, 0.4) is 0 Å². The Morgan fingerprint density at radius 1 is 0.282 bits per heavy atom. The van der Waals surface area contributed by atoms with Crippen molar-refractivity contribution in [2.45, 2.75) is 482 Å². The van der Waals surface area contributed by atoms with E-state index in [0.717, 1.165) is 38.5 Å². The van der Waals surface area contributed by atoms with Crippen LogP contribution in [0, 0.1) is 0 Å². The number of hydrogen-bond acceptors (Lipinski definition) is 5. The minimum Gasteiger partial charge on any atom is -0.466 e. The van der Waals surface area contributed by atoms with E-state index in [2.05, 4.69) is 19.2 Å². The van der Waals surface area contributed by atoms with Gasteiger partial charge in [0.2, 0.25) is 5.91 Å². The van der Waals surface area contributed by atoms with Gasteiger partial charge in [0.1, 0.15) is 0 Å². The highest BCUT2D eigenvalue weighted by atomic mass is 16.5. The predicted octanol–water partition coefficient (Wildman–Crippen LogP) is 26.1. The van der Waals surface area contributed by atoms with Crippen LogP contribution in [0.2, 0.25) is 0 Å². The van der Waals surface area contributed by atoms with Crippen LogP contribution in [0.25, 0.3) is 0 Å². The van der Waals surface area contributed by atoms with Crippen LogP contribution < -0.4 is 5.32 Å². The third kappa shape index (κ3) is 71.8. The quantitative estimate of drug-likeness (QED) is 0.0417. The number of carbonyl (C=O) groups is 2. The molecule has 6 heteroatoms. The number of unbranched alkanes of at least 4 members (excludes halogenated alkanes) is 65. The summed E-state index contributed by atoms with van der Waals surface area (Å²) >= 11 is 0. The van der Waals surface area contributed by atoms with Crippen LogP contribution in [-0.2, 0) is 14.3 Å². The van der Waals surface area contributed by atoms with E-state index >= 15 is 0 Å². The molecule has 0 bridgehead atoms. The average Bonchev–Trinajstić information content (AvgIpc) is 3.51. The van der Waals surface area contributed by atoms with Gasteiger partial charge in [0.15, 0.2) is 0 Å². The number of amides is 1.